The number of nitrogens with zero attached hydrogens (tertiary/aromatic N) is 2. The first kappa shape index (κ1) is 19.1. The number of benzene rings is 1. The number of amides is 1. The van der Waals surface area contributed by atoms with Crippen molar-refractivity contribution < 1.29 is 9.53 Å². The van der Waals surface area contributed by atoms with Crippen LogP contribution in [0, 0.1) is 0 Å². The summed E-state index contributed by atoms with van der Waals surface area (Å²) in [4.78, 5) is 17.5. The van der Waals surface area contributed by atoms with Crippen LogP contribution in [-0.4, -0.2) is 78.4 Å². The second-order valence-corrected chi connectivity index (χ2v) is 8.70. The first-order chi connectivity index (χ1) is 12.3. The van der Waals surface area contributed by atoms with Crippen molar-refractivity contribution in [2.24, 2.45) is 0 Å². The summed E-state index contributed by atoms with van der Waals surface area (Å²) in [6.07, 6.45) is 1.11. The zero-order chi connectivity index (χ0) is 17.3. The number of carbonyl (C=O) groups is 1. The van der Waals surface area contributed by atoms with E-state index in [4.69, 9.17) is 4.74 Å². The second-order valence-electron chi connectivity index (χ2n) is 6.56. The Balaban J connectivity index is 1.51. The SMILES string of the molecule is O=C(CSCc1ccccc1)N1CCCSC[C@@H]1CN1CCOCC1. The summed E-state index contributed by atoms with van der Waals surface area (Å²) in [5, 5.41) is 0. The highest BCUT2D eigenvalue weighted by molar-refractivity contribution is 7.99. The highest BCUT2D eigenvalue weighted by Crippen LogP contribution is 2.20. The Kier molecular flexibility index (Phi) is 7.98. The van der Waals surface area contributed by atoms with E-state index in [1.165, 1.54) is 11.3 Å². The molecule has 0 N–H and O–H groups in total. The molecule has 0 radical (unpaired) electrons. The van der Waals surface area contributed by atoms with Gasteiger partial charge in [-0.25, -0.2) is 0 Å². The van der Waals surface area contributed by atoms with E-state index < -0.39 is 0 Å². The maximum Gasteiger partial charge on any atom is 0.232 e. The zero-order valence-electron chi connectivity index (χ0n) is 14.8. The Morgan fingerprint density at radius 1 is 1.20 bits per heavy atom. The number of rotatable bonds is 6. The van der Waals surface area contributed by atoms with E-state index in [2.05, 4.69) is 34.1 Å². The number of ether oxygens (including phenoxy) is 1. The minimum absolute atomic E-state index is 0.307. The maximum atomic E-state index is 12.8. The minimum atomic E-state index is 0.307. The summed E-state index contributed by atoms with van der Waals surface area (Å²) in [6, 6.07) is 10.7. The van der Waals surface area contributed by atoms with Gasteiger partial charge < -0.3 is 9.64 Å². The second kappa shape index (κ2) is 10.5. The summed E-state index contributed by atoms with van der Waals surface area (Å²) < 4.78 is 5.45. The van der Waals surface area contributed by atoms with Gasteiger partial charge in [-0.1, -0.05) is 30.3 Å². The lowest BCUT2D eigenvalue weighted by Crippen LogP contribution is -2.50. The normalized spacial score (nSPS) is 22.6. The van der Waals surface area contributed by atoms with Crippen LogP contribution in [0.2, 0.25) is 0 Å². The zero-order valence-corrected chi connectivity index (χ0v) is 16.4. The van der Waals surface area contributed by atoms with E-state index in [9.17, 15) is 4.79 Å². The van der Waals surface area contributed by atoms with Crippen LogP contribution in [0.4, 0.5) is 0 Å². The molecular weight excluding hydrogens is 352 g/mol. The molecule has 2 aliphatic rings. The molecular formula is C19H28N2O2S2. The number of morpholine rings is 1. The van der Waals surface area contributed by atoms with E-state index in [1.807, 2.05) is 17.8 Å². The standard InChI is InChI=1S/C19H28N2O2S2/c22-19(16-25-14-17-5-2-1-3-6-17)21-7-4-12-24-15-18(21)13-20-8-10-23-11-9-20/h1-3,5-6,18H,4,7-16H2/t18-/m0/s1. The van der Waals surface area contributed by atoms with Gasteiger partial charge in [-0.3, -0.25) is 9.69 Å². The molecule has 0 unspecified atom stereocenters. The molecule has 2 fully saturated rings. The third-order valence-corrected chi connectivity index (χ3v) is 6.86. The third-order valence-electron chi connectivity index (χ3n) is 4.67. The van der Waals surface area contributed by atoms with Gasteiger partial charge in [0.15, 0.2) is 0 Å². The van der Waals surface area contributed by atoms with Crippen LogP contribution in [0.15, 0.2) is 30.3 Å². The highest BCUT2D eigenvalue weighted by Gasteiger charge is 2.27. The van der Waals surface area contributed by atoms with Gasteiger partial charge in [0.25, 0.3) is 0 Å². The number of thioether (sulfide) groups is 2. The Morgan fingerprint density at radius 2 is 2.00 bits per heavy atom. The lowest BCUT2D eigenvalue weighted by molar-refractivity contribution is -0.130. The monoisotopic (exact) mass is 380 g/mol. The summed E-state index contributed by atoms with van der Waals surface area (Å²) >= 11 is 3.73. The molecule has 1 aromatic carbocycles. The van der Waals surface area contributed by atoms with Crippen LogP contribution in [0.25, 0.3) is 0 Å². The average molecular weight is 381 g/mol. The average Bonchev–Trinajstić information content (AvgIpc) is 2.89. The van der Waals surface area contributed by atoms with Crippen LogP contribution in [0.3, 0.4) is 0 Å². The molecule has 0 saturated carbocycles. The smallest absolute Gasteiger partial charge is 0.232 e. The summed E-state index contributed by atoms with van der Waals surface area (Å²) in [5.41, 5.74) is 1.29. The Morgan fingerprint density at radius 3 is 2.80 bits per heavy atom. The maximum absolute atomic E-state index is 12.8. The first-order valence-corrected chi connectivity index (χ1v) is 11.4. The molecule has 1 amide bonds. The van der Waals surface area contributed by atoms with Gasteiger partial charge in [0.1, 0.15) is 0 Å². The number of carbonyl (C=O) groups excluding carboxylic acids is 1. The van der Waals surface area contributed by atoms with E-state index in [1.54, 1.807) is 11.8 Å². The highest BCUT2D eigenvalue weighted by atomic mass is 32.2. The fraction of sp³-hybridized carbons (Fsp3) is 0.632. The van der Waals surface area contributed by atoms with E-state index in [0.717, 1.165) is 57.3 Å². The lowest BCUT2D eigenvalue weighted by Gasteiger charge is -2.35. The molecule has 4 nitrogen and oxygen atoms in total. The van der Waals surface area contributed by atoms with Crippen molar-refractivity contribution in [1.29, 1.82) is 0 Å². The summed E-state index contributed by atoms with van der Waals surface area (Å²) in [7, 11) is 0. The summed E-state index contributed by atoms with van der Waals surface area (Å²) in [6.45, 7) is 5.53. The van der Waals surface area contributed by atoms with Gasteiger partial charge in [0, 0.05) is 37.7 Å². The largest absolute Gasteiger partial charge is 0.379 e. The fourth-order valence-corrected chi connectivity index (χ4v) is 5.23. The van der Waals surface area contributed by atoms with Crippen LogP contribution >= 0.6 is 23.5 Å². The number of hydrogen-bond acceptors (Lipinski definition) is 5. The van der Waals surface area contributed by atoms with E-state index in [0.29, 0.717) is 17.7 Å². The molecule has 2 aliphatic heterocycles. The number of hydrogen-bond donors (Lipinski definition) is 0. The van der Waals surface area contributed by atoms with Gasteiger partial charge >= 0.3 is 0 Å². The van der Waals surface area contributed by atoms with Crippen molar-refractivity contribution in [3.05, 3.63) is 35.9 Å². The molecule has 2 saturated heterocycles. The van der Waals surface area contributed by atoms with Crippen LogP contribution in [0.1, 0.15) is 12.0 Å². The molecule has 0 spiro atoms. The van der Waals surface area contributed by atoms with Gasteiger partial charge in [-0.15, -0.1) is 11.8 Å². The molecule has 0 bridgehead atoms. The molecule has 1 atom stereocenters. The van der Waals surface area contributed by atoms with Crippen molar-refractivity contribution in [3.63, 3.8) is 0 Å². The molecule has 0 aliphatic carbocycles. The van der Waals surface area contributed by atoms with Crippen molar-refractivity contribution in [3.8, 4) is 0 Å². The van der Waals surface area contributed by atoms with Gasteiger partial charge in [0.2, 0.25) is 5.91 Å². The Hall–Kier alpha value is -0.690. The molecule has 3 rings (SSSR count). The molecule has 1 aromatic rings. The van der Waals surface area contributed by atoms with E-state index >= 15 is 0 Å². The summed E-state index contributed by atoms with van der Waals surface area (Å²) in [5.74, 6) is 4.02. The third kappa shape index (κ3) is 6.20. The van der Waals surface area contributed by atoms with Gasteiger partial charge in [0.05, 0.1) is 25.0 Å². The van der Waals surface area contributed by atoms with Gasteiger partial charge in [-0.2, -0.15) is 11.8 Å². The van der Waals surface area contributed by atoms with Crippen LogP contribution in [-0.2, 0) is 15.3 Å². The van der Waals surface area contributed by atoms with Crippen molar-refractivity contribution >= 4 is 29.4 Å². The molecule has 2 heterocycles. The predicted molar refractivity (Wildman–Crippen MR) is 107 cm³/mol. The predicted octanol–water partition coefficient (Wildman–Crippen LogP) is 2.59. The van der Waals surface area contributed by atoms with Crippen molar-refractivity contribution in [1.82, 2.24) is 9.80 Å². The van der Waals surface area contributed by atoms with Crippen molar-refractivity contribution in [2.45, 2.75) is 18.2 Å². The Bertz CT molecular complexity index is 523. The van der Waals surface area contributed by atoms with E-state index in [-0.39, 0.29) is 0 Å². The first-order valence-electron chi connectivity index (χ1n) is 9.12. The molecule has 0 aromatic heterocycles. The topological polar surface area (TPSA) is 32.8 Å². The minimum Gasteiger partial charge on any atom is -0.379 e. The molecule has 25 heavy (non-hydrogen) atoms. The van der Waals surface area contributed by atoms with Crippen LogP contribution in [0.5, 0.6) is 0 Å². The fourth-order valence-electron chi connectivity index (χ4n) is 3.30. The molecule has 138 valence electrons. The Labute approximate surface area is 159 Å². The van der Waals surface area contributed by atoms with Crippen LogP contribution < -0.4 is 0 Å². The lowest BCUT2D eigenvalue weighted by atomic mass is 10.2. The molecule has 6 heteroatoms. The quantitative estimate of drug-likeness (QED) is 0.758. The van der Waals surface area contributed by atoms with Crippen molar-refractivity contribution in [2.75, 3.05) is 56.7 Å². The van der Waals surface area contributed by atoms with Gasteiger partial charge in [-0.05, 0) is 17.7 Å².